The molecule has 0 aromatic carbocycles. The van der Waals surface area contributed by atoms with Gasteiger partial charge in [0.25, 0.3) is 0 Å². The molecule has 80 valence electrons. The van der Waals surface area contributed by atoms with Crippen LogP contribution in [0, 0.1) is 0 Å². The van der Waals surface area contributed by atoms with Crippen molar-refractivity contribution in [2.45, 2.75) is 13.0 Å². The van der Waals surface area contributed by atoms with E-state index in [9.17, 15) is 9.59 Å². The quantitative estimate of drug-likeness (QED) is 0.462. The summed E-state index contributed by atoms with van der Waals surface area (Å²) in [5.74, 6) is -0.990. The molecule has 5 nitrogen and oxygen atoms in total. The molecule has 0 radical (unpaired) electrons. The largest absolute Gasteiger partial charge is 0.451 e. The predicted molar refractivity (Wildman–Crippen MR) is 52.6 cm³/mol. The van der Waals surface area contributed by atoms with Crippen molar-refractivity contribution in [1.29, 1.82) is 0 Å². The molecular formula is C8H6Cl2N2O3. The van der Waals surface area contributed by atoms with Gasteiger partial charge in [0, 0.05) is 0 Å². The van der Waals surface area contributed by atoms with E-state index < -0.39 is 12.1 Å². The molecule has 0 fully saturated rings. The Kier molecular flexibility index (Phi) is 3.99. The number of carbonyl (C=O) groups is 2. The van der Waals surface area contributed by atoms with E-state index in [-0.39, 0.29) is 22.3 Å². The highest BCUT2D eigenvalue weighted by Crippen LogP contribution is 2.22. The van der Waals surface area contributed by atoms with Crippen molar-refractivity contribution in [2.24, 2.45) is 0 Å². The molecule has 1 atom stereocenters. The Morgan fingerprint density at radius 3 is 2.80 bits per heavy atom. The summed E-state index contributed by atoms with van der Waals surface area (Å²) < 4.78 is 4.67. The second-order valence-corrected chi connectivity index (χ2v) is 3.31. The average molecular weight is 249 g/mol. The molecule has 0 aliphatic heterocycles. The lowest BCUT2D eigenvalue weighted by atomic mass is 10.3. The number of aromatic nitrogens is 2. The van der Waals surface area contributed by atoms with Gasteiger partial charge >= 0.3 is 5.97 Å². The normalized spacial score (nSPS) is 11.9. The van der Waals surface area contributed by atoms with E-state index in [1.807, 2.05) is 0 Å². The maximum Gasteiger partial charge on any atom is 0.371 e. The zero-order valence-electron chi connectivity index (χ0n) is 7.61. The first-order valence-corrected chi connectivity index (χ1v) is 4.64. The van der Waals surface area contributed by atoms with Crippen molar-refractivity contribution >= 4 is 35.5 Å². The fourth-order valence-electron chi connectivity index (χ4n) is 0.887. The maximum atomic E-state index is 10.7. The predicted octanol–water partition coefficient (Wildman–Crippen LogP) is 1.59. The molecule has 0 saturated heterocycles. The van der Waals surface area contributed by atoms with Gasteiger partial charge in [-0.2, -0.15) is 0 Å². The summed E-state index contributed by atoms with van der Waals surface area (Å²) >= 11 is 11.2. The van der Waals surface area contributed by atoms with Gasteiger partial charge in [0.05, 0.1) is 6.20 Å². The molecule has 0 N–H and O–H groups in total. The zero-order valence-corrected chi connectivity index (χ0v) is 9.12. The number of carbonyl (C=O) groups excluding carboxylic acids is 2. The Balaban J connectivity index is 2.86. The lowest BCUT2D eigenvalue weighted by Crippen LogP contribution is -2.11. The summed E-state index contributed by atoms with van der Waals surface area (Å²) in [5.41, 5.74) is 0.247. The smallest absolute Gasteiger partial charge is 0.371 e. The highest BCUT2D eigenvalue weighted by molar-refractivity contribution is 6.32. The van der Waals surface area contributed by atoms with Crippen molar-refractivity contribution in [1.82, 2.24) is 9.97 Å². The van der Waals surface area contributed by atoms with Gasteiger partial charge in [-0.3, -0.25) is 9.78 Å². The van der Waals surface area contributed by atoms with E-state index in [0.717, 1.165) is 0 Å². The molecule has 1 aromatic rings. The Labute approximate surface area is 95.4 Å². The molecule has 15 heavy (non-hydrogen) atoms. The number of aldehydes is 1. The van der Waals surface area contributed by atoms with Gasteiger partial charge in [-0.05, 0) is 6.92 Å². The molecule has 0 aliphatic carbocycles. The summed E-state index contributed by atoms with van der Waals surface area (Å²) in [6, 6.07) is 0. The lowest BCUT2D eigenvalue weighted by molar-refractivity contribution is -0.152. The van der Waals surface area contributed by atoms with Gasteiger partial charge in [0.15, 0.2) is 5.15 Å². The van der Waals surface area contributed by atoms with E-state index in [1.54, 1.807) is 0 Å². The van der Waals surface area contributed by atoms with E-state index in [1.165, 1.54) is 13.1 Å². The van der Waals surface area contributed by atoms with Crippen LogP contribution in [-0.2, 0) is 14.3 Å². The van der Waals surface area contributed by atoms with Gasteiger partial charge in [0.1, 0.15) is 17.0 Å². The fraction of sp³-hybridized carbons (Fsp3) is 0.250. The highest BCUT2D eigenvalue weighted by atomic mass is 35.5. The minimum absolute atomic E-state index is 0.0358. The summed E-state index contributed by atoms with van der Waals surface area (Å²) in [6.07, 6.45) is 0.585. The van der Waals surface area contributed by atoms with Crippen molar-refractivity contribution < 1.29 is 14.3 Å². The summed E-state index contributed by atoms with van der Waals surface area (Å²) in [7, 11) is 0. The monoisotopic (exact) mass is 248 g/mol. The molecule has 1 rings (SSSR count). The second-order valence-electron chi connectivity index (χ2n) is 2.57. The van der Waals surface area contributed by atoms with Crippen LogP contribution < -0.4 is 0 Å². The molecule has 7 heteroatoms. The third-order valence-electron chi connectivity index (χ3n) is 1.50. The number of nitrogens with zero attached hydrogens (tertiary/aromatic N) is 2. The number of esters is 1. The fourth-order valence-corrected chi connectivity index (χ4v) is 1.36. The SMILES string of the molecule is CC(OC(=O)C=O)c1ncc(Cl)nc1Cl. The average Bonchev–Trinajstić information content (AvgIpc) is 2.17. The Morgan fingerprint density at radius 2 is 2.27 bits per heavy atom. The molecular weight excluding hydrogens is 243 g/mol. The zero-order chi connectivity index (χ0) is 11.4. The Hall–Kier alpha value is -1.20. The number of hydrogen-bond acceptors (Lipinski definition) is 5. The standard InChI is InChI=1S/C8H6Cl2N2O3/c1-4(15-6(14)3-13)7-8(10)12-5(9)2-11-7/h2-4H,1H3. The van der Waals surface area contributed by atoms with Crippen LogP contribution in [0.4, 0.5) is 0 Å². The van der Waals surface area contributed by atoms with Crippen LogP contribution in [0.15, 0.2) is 6.20 Å². The molecule has 0 bridgehead atoms. The molecule has 0 amide bonds. The van der Waals surface area contributed by atoms with Crippen molar-refractivity contribution in [2.75, 3.05) is 0 Å². The van der Waals surface area contributed by atoms with Crippen molar-refractivity contribution in [3.05, 3.63) is 22.2 Å². The minimum atomic E-state index is -0.990. The maximum absolute atomic E-state index is 10.7. The molecule has 0 aliphatic rings. The number of rotatable bonds is 3. The van der Waals surface area contributed by atoms with Crippen LogP contribution in [0.1, 0.15) is 18.7 Å². The second kappa shape index (κ2) is 5.04. The highest BCUT2D eigenvalue weighted by Gasteiger charge is 2.16. The molecule has 0 saturated carbocycles. The molecule has 1 unspecified atom stereocenters. The van der Waals surface area contributed by atoms with Gasteiger partial charge in [0.2, 0.25) is 6.29 Å². The summed E-state index contributed by atoms with van der Waals surface area (Å²) in [5, 5.41) is 0.173. The van der Waals surface area contributed by atoms with Crippen LogP contribution >= 0.6 is 23.2 Å². The van der Waals surface area contributed by atoms with Crippen LogP contribution in [0.5, 0.6) is 0 Å². The number of ether oxygens (including phenoxy) is 1. The molecule has 1 aromatic heterocycles. The summed E-state index contributed by atoms with van der Waals surface area (Å²) in [6.45, 7) is 1.52. The Bertz CT molecular complexity index is 397. The van der Waals surface area contributed by atoms with Crippen LogP contribution in [0.2, 0.25) is 10.3 Å². The Morgan fingerprint density at radius 1 is 1.60 bits per heavy atom. The third-order valence-corrected chi connectivity index (χ3v) is 1.96. The van der Waals surface area contributed by atoms with Crippen LogP contribution in [0.3, 0.4) is 0 Å². The first-order valence-electron chi connectivity index (χ1n) is 3.88. The van der Waals surface area contributed by atoms with E-state index >= 15 is 0 Å². The molecule has 1 heterocycles. The first-order chi connectivity index (χ1) is 7.04. The van der Waals surface area contributed by atoms with Crippen molar-refractivity contribution in [3.8, 4) is 0 Å². The topological polar surface area (TPSA) is 69.2 Å². The lowest BCUT2D eigenvalue weighted by Gasteiger charge is -2.11. The van der Waals surface area contributed by atoms with Crippen LogP contribution in [0.25, 0.3) is 0 Å². The van der Waals surface area contributed by atoms with Gasteiger partial charge < -0.3 is 4.74 Å². The summed E-state index contributed by atoms with van der Waals surface area (Å²) in [4.78, 5) is 28.3. The van der Waals surface area contributed by atoms with E-state index in [4.69, 9.17) is 23.2 Å². The van der Waals surface area contributed by atoms with Crippen molar-refractivity contribution in [3.63, 3.8) is 0 Å². The van der Waals surface area contributed by atoms with Crippen LogP contribution in [-0.4, -0.2) is 22.2 Å². The number of halogens is 2. The number of hydrogen-bond donors (Lipinski definition) is 0. The first kappa shape index (κ1) is 11.9. The van der Waals surface area contributed by atoms with E-state index in [2.05, 4.69) is 14.7 Å². The third kappa shape index (κ3) is 3.14. The van der Waals surface area contributed by atoms with Gasteiger partial charge in [-0.25, -0.2) is 9.78 Å². The molecule has 0 spiro atoms. The van der Waals surface area contributed by atoms with Gasteiger partial charge in [-0.15, -0.1) is 0 Å². The van der Waals surface area contributed by atoms with E-state index in [0.29, 0.717) is 0 Å². The van der Waals surface area contributed by atoms with Gasteiger partial charge in [-0.1, -0.05) is 23.2 Å². The minimum Gasteiger partial charge on any atom is -0.451 e.